The predicted molar refractivity (Wildman–Crippen MR) is 80.4 cm³/mol. The standard InChI is InChI=1S/C14H19N5O2/c1-4-21-12-7-13(15)16-8-11(12)17-14(20)10-5-6-19(18-10)9(2)3/h5-9H,4H2,1-3H3,(H2,15,16)(H,17,20). The number of anilines is 2. The first-order valence-corrected chi connectivity index (χ1v) is 6.76. The fourth-order valence-electron chi connectivity index (χ4n) is 1.75. The molecule has 0 unspecified atom stereocenters. The first kappa shape index (κ1) is 14.8. The third-order valence-electron chi connectivity index (χ3n) is 2.81. The number of ether oxygens (including phenoxy) is 1. The Morgan fingerprint density at radius 3 is 2.90 bits per heavy atom. The van der Waals surface area contributed by atoms with Crippen LogP contribution in [0.5, 0.6) is 5.75 Å². The summed E-state index contributed by atoms with van der Waals surface area (Å²) in [4.78, 5) is 16.1. The van der Waals surface area contributed by atoms with Gasteiger partial charge in [-0.25, -0.2) is 4.98 Å². The number of amides is 1. The highest BCUT2D eigenvalue weighted by molar-refractivity contribution is 6.03. The van der Waals surface area contributed by atoms with Gasteiger partial charge in [0.2, 0.25) is 0 Å². The highest BCUT2D eigenvalue weighted by Crippen LogP contribution is 2.25. The van der Waals surface area contributed by atoms with Crippen molar-refractivity contribution in [1.82, 2.24) is 14.8 Å². The minimum atomic E-state index is -0.318. The number of aromatic nitrogens is 3. The smallest absolute Gasteiger partial charge is 0.276 e. The molecule has 2 rings (SSSR count). The van der Waals surface area contributed by atoms with E-state index in [4.69, 9.17) is 10.5 Å². The number of nitrogens with zero attached hydrogens (tertiary/aromatic N) is 3. The van der Waals surface area contributed by atoms with Crippen molar-refractivity contribution in [3.05, 3.63) is 30.2 Å². The molecular weight excluding hydrogens is 270 g/mol. The molecule has 0 radical (unpaired) electrons. The van der Waals surface area contributed by atoms with Gasteiger partial charge in [-0.15, -0.1) is 0 Å². The van der Waals surface area contributed by atoms with Crippen molar-refractivity contribution in [2.75, 3.05) is 17.7 Å². The van der Waals surface area contributed by atoms with Gasteiger partial charge in [0.15, 0.2) is 5.69 Å². The fourth-order valence-corrected chi connectivity index (χ4v) is 1.75. The van der Waals surface area contributed by atoms with Gasteiger partial charge in [-0.3, -0.25) is 9.48 Å². The average molecular weight is 289 g/mol. The molecule has 0 aliphatic carbocycles. The van der Waals surface area contributed by atoms with E-state index in [0.29, 0.717) is 29.6 Å². The molecule has 2 aromatic heterocycles. The number of carbonyl (C=O) groups is 1. The van der Waals surface area contributed by atoms with Crippen LogP contribution < -0.4 is 15.8 Å². The van der Waals surface area contributed by atoms with Crippen molar-refractivity contribution in [2.45, 2.75) is 26.8 Å². The molecule has 0 saturated carbocycles. The van der Waals surface area contributed by atoms with Crippen LogP contribution in [-0.4, -0.2) is 27.3 Å². The summed E-state index contributed by atoms with van der Waals surface area (Å²) in [6.07, 6.45) is 3.24. The Bertz CT molecular complexity index is 636. The maximum absolute atomic E-state index is 12.2. The highest BCUT2D eigenvalue weighted by atomic mass is 16.5. The Kier molecular flexibility index (Phi) is 4.42. The van der Waals surface area contributed by atoms with E-state index in [2.05, 4.69) is 15.4 Å². The molecule has 1 amide bonds. The van der Waals surface area contributed by atoms with Crippen LogP contribution in [0.25, 0.3) is 0 Å². The first-order chi connectivity index (χ1) is 10.0. The van der Waals surface area contributed by atoms with E-state index >= 15 is 0 Å². The lowest BCUT2D eigenvalue weighted by Crippen LogP contribution is -2.15. The summed E-state index contributed by atoms with van der Waals surface area (Å²) in [7, 11) is 0. The maximum atomic E-state index is 12.2. The van der Waals surface area contributed by atoms with E-state index in [9.17, 15) is 4.79 Å². The number of nitrogens with one attached hydrogen (secondary N) is 1. The van der Waals surface area contributed by atoms with E-state index in [1.54, 1.807) is 23.0 Å². The Morgan fingerprint density at radius 1 is 1.52 bits per heavy atom. The summed E-state index contributed by atoms with van der Waals surface area (Å²) in [5.41, 5.74) is 6.42. The molecule has 2 aromatic rings. The van der Waals surface area contributed by atoms with Crippen molar-refractivity contribution in [3.63, 3.8) is 0 Å². The van der Waals surface area contributed by atoms with Gasteiger partial charge in [-0.05, 0) is 26.8 Å². The molecule has 0 aliphatic heterocycles. The largest absolute Gasteiger partial charge is 0.491 e. The quantitative estimate of drug-likeness (QED) is 0.878. The molecule has 21 heavy (non-hydrogen) atoms. The topological polar surface area (TPSA) is 95.1 Å². The number of pyridine rings is 1. The van der Waals surface area contributed by atoms with Crippen LogP contribution in [0.2, 0.25) is 0 Å². The molecule has 0 aromatic carbocycles. The van der Waals surface area contributed by atoms with Crippen molar-refractivity contribution in [2.24, 2.45) is 0 Å². The van der Waals surface area contributed by atoms with Crippen LogP contribution in [0.4, 0.5) is 11.5 Å². The third kappa shape index (κ3) is 3.50. The summed E-state index contributed by atoms with van der Waals surface area (Å²) in [6, 6.07) is 3.44. The molecule has 112 valence electrons. The van der Waals surface area contributed by atoms with Gasteiger partial charge in [0.05, 0.1) is 12.8 Å². The van der Waals surface area contributed by atoms with E-state index < -0.39 is 0 Å². The fraction of sp³-hybridized carbons (Fsp3) is 0.357. The lowest BCUT2D eigenvalue weighted by molar-refractivity contribution is 0.102. The molecular formula is C14H19N5O2. The van der Waals surface area contributed by atoms with Crippen LogP contribution in [0, 0.1) is 0 Å². The zero-order valence-corrected chi connectivity index (χ0v) is 12.3. The third-order valence-corrected chi connectivity index (χ3v) is 2.81. The van der Waals surface area contributed by atoms with E-state index in [-0.39, 0.29) is 11.9 Å². The second-order valence-electron chi connectivity index (χ2n) is 4.77. The number of nitrogens with two attached hydrogens (primary N) is 1. The number of nitrogen functional groups attached to an aromatic ring is 1. The van der Waals surface area contributed by atoms with Gasteiger partial charge < -0.3 is 15.8 Å². The Hall–Kier alpha value is -2.57. The number of hydrogen-bond donors (Lipinski definition) is 2. The Balaban J connectivity index is 2.18. The van der Waals surface area contributed by atoms with Gasteiger partial charge in [0, 0.05) is 18.3 Å². The van der Waals surface area contributed by atoms with Crippen molar-refractivity contribution < 1.29 is 9.53 Å². The summed E-state index contributed by atoms with van der Waals surface area (Å²) >= 11 is 0. The molecule has 2 heterocycles. The maximum Gasteiger partial charge on any atom is 0.276 e. The van der Waals surface area contributed by atoms with Gasteiger partial charge in [-0.1, -0.05) is 0 Å². The molecule has 0 spiro atoms. The SMILES string of the molecule is CCOc1cc(N)ncc1NC(=O)c1ccn(C(C)C)n1. The number of carbonyl (C=O) groups excluding carboxylic acids is 1. The van der Waals surface area contributed by atoms with E-state index in [1.807, 2.05) is 20.8 Å². The molecule has 0 bridgehead atoms. The predicted octanol–water partition coefficient (Wildman–Crippen LogP) is 2.09. The van der Waals surface area contributed by atoms with Gasteiger partial charge in [0.1, 0.15) is 17.3 Å². The van der Waals surface area contributed by atoms with Gasteiger partial charge >= 0.3 is 0 Å². The summed E-state index contributed by atoms with van der Waals surface area (Å²) in [5, 5.41) is 6.95. The Morgan fingerprint density at radius 2 is 2.29 bits per heavy atom. The van der Waals surface area contributed by atoms with Crippen LogP contribution in [0.1, 0.15) is 37.3 Å². The van der Waals surface area contributed by atoms with Crippen molar-refractivity contribution >= 4 is 17.4 Å². The van der Waals surface area contributed by atoms with Crippen LogP contribution >= 0.6 is 0 Å². The monoisotopic (exact) mass is 289 g/mol. The van der Waals surface area contributed by atoms with Crippen LogP contribution in [-0.2, 0) is 0 Å². The second kappa shape index (κ2) is 6.25. The lowest BCUT2D eigenvalue weighted by atomic mass is 10.3. The minimum Gasteiger partial charge on any atom is -0.491 e. The summed E-state index contributed by atoms with van der Waals surface area (Å²) in [5.74, 6) is 0.504. The van der Waals surface area contributed by atoms with Gasteiger partial charge in [0.25, 0.3) is 5.91 Å². The second-order valence-corrected chi connectivity index (χ2v) is 4.77. The van der Waals surface area contributed by atoms with E-state index in [0.717, 1.165) is 0 Å². The molecule has 0 aliphatic rings. The molecule has 0 saturated heterocycles. The zero-order valence-electron chi connectivity index (χ0n) is 12.3. The Labute approximate surface area is 123 Å². The summed E-state index contributed by atoms with van der Waals surface area (Å²) in [6.45, 7) is 6.30. The minimum absolute atomic E-state index is 0.198. The molecule has 0 fully saturated rings. The summed E-state index contributed by atoms with van der Waals surface area (Å²) < 4.78 is 7.16. The van der Waals surface area contributed by atoms with E-state index in [1.165, 1.54) is 6.20 Å². The number of hydrogen-bond acceptors (Lipinski definition) is 5. The molecule has 3 N–H and O–H groups in total. The normalized spacial score (nSPS) is 10.7. The zero-order chi connectivity index (χ0) is 15.4. The van der Waals surface area contributed by atoms with Crippen LogP contribution in [0.15, 0.2) is 24.5 Å². The number of rotatable bonds is 5. The van der Waals surface area contributed by atoms with Crippen molar-refractivity contribution in [1.29, 1.82) is 0 Å². The van der Waals surface area contributed by atoms with Crippen LogP contribution in [0.3, 0.4) is 0 Å². The molecule has 0 atom stereocenters. The van der Waals surface area contributed by atoms with Gasteiger partial charge in [-0.2, -0.15) is 5.10 Å². The lowest BCUT2D eigenvalue weighted by Gasteiger charge is -2.11. The molecule has 7 heteroatoms. The molecule has 7 nitrogen and oxygen atoms in total. The average Bonchev–Trinajstić information content (AvgIpc) is 2.92. The van der Waals surface area contributed by atoms with Crippen molar-refractivity contribution in [3.8, 4) is 5.75 Å². The first-order valence-electron chi connectivity index (χ1n) is 6.76. The highest BCUT2D eigenvalue weighted by Gasteiger charge is 2.14.